The van der Waals surface area contributed by atoms with E-state index < -0.39 is 0 Å². The highest BCUT2D eigenvalue weighted by Gasteiger charge is 2.13. The molecule has 0 heterocycles. The summed E-state index contributed by atoms with van der Waals surface area (Å²) in [5.41, 5.74) is 6.30. The van der Waals surface area contributed by atoms with Gasteiger partial charge in [-0.1, -0.05) is 6.07 Å². The molecule has 1 amide bonds. The van der Waals surface area contributed by atoms with E-state index in [1.165, 1.54) is 0 Å². The zero-order chi connectivity index (χ0) is 15.5. The Morgan fingerprint density at radius 3 is 2.38 bits per heavy atom. The summed E-state index contributed by atoms with van der Waals surface area (Å²) in [5, 5.41) is 0. The Morgan fingerprint density at radius 2 is 1.81 bits per heavy atom. The molecule has 6 nitrogen and oxygen atoms in total. The van der Waals surface area contributed by atoms with Crippen molar-refractivity contribution in [2.45, 2.75) is 6.42 Å². The number of rotatable bonds is 10. The third-order valence-electron chi connectivity index (χ3n) is 2.93. The molecule has 6 heteroatoms. The SMILES string of the molecule is COCCN(CCOC)C(=O)CCOc1cccc(N)c1. The lowest BCUT2D eigenvalue weighted by atomic mass is 10.3. The third kappa shape index (κ3) is 6.97. The molecule has 0 fully saturated rings. The number of nitrogens with zero attached hydrogens (tertiary/aromatic N) is 1. The molecule has 0 aliphatic heterocycles. The van der Waals surface area contributed by atoms with Gasteiger partial charge in [-0.25, -0.2) is 0 Å². The van der Waals surface area contributed by atoms with E-state index in [1.54, 1.807) is 31.3 Å². The fourth-order valence-corrected chi connectivity index (χ4v) is 1.78. The van der Waals surface area contributed by atoms with Gasteiger partial charge in [-0.3, -0.25) is 4.79 Å². The van der Waals surface area contributed by atoms with Crippen molar-refractivity contribution in [3.05, 3.63) is 24.3 Å². The molecule has 1 rings (SSSR count). The summed E-state index contributed by atoms with van der Waals surface area (Å²) in [4.78, 5) is 13.8. The van der Waals surface area contributed by atoms with Gasteiger partial charge in [0.1, 0.15) is 5.75 Å². The number of amides is 1. The Balaban J connectivity index is 2.37. The minimum atomic E-state index is 0.0213. The number of hydrogen-bond acceptors (Lipinski definition) is 5. The van der Waals surface area contributed by atoms with Crippen LogP contribution in [0.2, 0.25) is 0 Å². The molecule has 2 N–H and O–H groups in total. The molecule has 118 valence electrons. The Hall–Kier alpha value is -1.79. The molecule has 1 aromatic carbocycles. The van der Waals surface area contributed by atoms with Crippen LogP contribution in [0.15, 0.2) is 24.3 Å². The first kappa shape index (κ1) is 17.3. The Morgan fingerprint density at radius 1 is 1.14 bits per heavy atom. The minimum Gasteiger partial charge on any atom is -0.493 e. The zero-order valence-corrected chi connectivity index (χ0v) is 12.7. The fraction of sp³-hybridized carbons (Fsp3) is 0.533. The normalized spacial score (nSPS) is 10.4. The van der Waals surface area contributed by atoms with Crippen LogP contribution in [0, 0.1) is 0 Å². The predicted octanol–water partition coefficient (Wildman–Crippen LogP) is 1.16. The van der Waals surface area contributed by atoms with Crippen molar-refractivity contribution in [2.75, 3.05) is 52.9 Å². The van der Waals surface area contributed by atoms with Crippen molar-refractivity contribution in [1.29, 1.82) is 0 Å². The Bertz CT molecular complexity index is 418. The summed E-state index contributed by atoms with van der Waals surface area (Å²) < 4.78 is 15.5. The van der Waals surface area contributed by atoms with Crippen LogP contribution in [0.25, 0.3) is 0 Å². The first-order chi connectivity index (χ1) is 10.2. The maximum Gasteiger partial charge on any atom is 0.226 e. The van der Waals surface area contributed by atoms with Crippen LogP contribution in [0.4, 0.5) is 5.69 Å². The first-order valence-corrected chi connectivity index (χ1v) is 6.91. The smallest absolute Gasteiger partial charge is 0.226 e. The van der Waals surface area contributed by atoms with E-state index in [0.717, 1.165) is 0 Å². The lowest BCUT2D eigenvalue weighted by Crippen LogP contribution is -2.37. The summed E-state index contributed by atoms with van der Waals surface area (Å²) in [6.45, 7) is 2.43. The van der Waals surface area contributed by atoms with Crippen molar-refractivity contribution < 1.29 is 19.0 Å². The maximum absolute atomic E-state index is 12.1. The van der Waals surface area contributed by atoms with Crippen LogP contribution < -0.4 is 10.5 Å². The highest BCUT2D eigenvalue weighted by molar-refractivity contribution is 5.76. The van der Waals surface area contributed by atoms with Crippen molar-refractivity contribution in [3.63, 3.8) is 0 Å². The molecule has 0 aliphatic rings. The number of nitrogens with two attached hydrogens (primary N) is 1. The molecular formula is C15H24N2O4. The summed E-state index contributed by atoms with van der Waals surface area (Å²) in [6.07, 6.45) is 0.308. The molecule has 0 unspecified atom stereocenters. The first-order valence-electron chi connectivity index (χ1n) is 6.91. The highest BCUT2D eigenvalue weighted by Crippen LogP contribution is 2.14. The van der Waals surface area contributed by atoms with Gasteiger partial charge in [0.05, 0.1) is 26.2 Å². The van der Waals surface area contributed by atoms with E-state index >= 15 is 0 Å². The fourth-order valence-electron chi connectivity index (χ4n) is 1.78. The van der Waals surface area contributed by atoms with Gasteiger partial charge in [-0.15, -0.1) is 0 Å². The van der Waals surface area contributed by atoms with E-state index in [0.29, 0.717) is 50.8 Å². The number of carbonyl (C=O) groups is 1. The van der Waals surface area contributed by atoms with Crippen molar-refractivity contribution in [1.82, 2.24) is 4.90 Å². The molecular weight excluding hydrogens is 272 g/mol. The number of benzene rings is 1. The van der Waals surface area contributed by atoms with Gasteiger partial charge in [0.15, 0.2) is 0 Å². The van der Waals surface area contributed by atoms with Crippen molar-refractivity contribution >= 4 is 11.6 Å². The van der Waals surface area contributed by atoms with Gasteiger partial charge in [-0.2, -0.15) is 0 Å². The van der Waals surface area contributed by atoms with E-state index in [4.69, 9.17) is 19.9 Å². The number of methoxy groups -OCH3 is 2. The molecule has 0 radical (unpaired) electrons. The molecule has 0 spiro atoms. The third-order valence-corrected chi connectivity index (χ3v) is 2.93. The van der Waals surface area contributed by atoms with Gasteiger partial charge in [-0.05, 0) is 12.1 Å². The molecule has 21 heavy (non-hydrogen) atoms. The van der Waals surface area contributed by atoms with Crippen LogP contribution >= 0.6 is 0 Å². The molecule has 0 bridgehead atoms. The Kier molecular flexibility index (Phi) is 8.23. The van der Waals surface area contributed by atoms with Gasteiger partial charge in [0, 0.05) is 39.1 Å². The molecule has 0 aliphatic carbocycles. The lowest BCUT2D eigenvalue weighted by Gasteiger charge is -2.22. The average molecular weight is 296 g/mol. The van der Waals surface area contributed by atoms with Crippen LogP contribution in [0.5, 0.6) is 5.75 Å². The van der Waals surface area contributed by atoms with Crippen LogP contribution in [0.1, 0.15) is 6.42 Å². The van der Waals surface area contributed by atoms with Crippen LogP contribution in [-0.4, -0.2) is 57.9 Å². The summed E-state index contributed by atoms with van der Waals surface area (Å²) in [7, 11) is 3.23. The topological polar surface area (TPSA) is 74.0 Å². The summed E-state index contributed by atoms with van der Waals surface area (Å²) in [5.74, 6) is 0.691. The minimum absolute atomic E-state index is 0.0213. The molecule has 0 atom stereocenters. The predicted molar refractivity (Wildman–Crippen MR) is 81.3 cm³/mol. The largest absolute Gasteiger partial charge is 0.493 e. The van der Waals surface area contributed by atoms with Gasteiger partial charge in [0.25, 0.3) is 0 Å². The standard InChI is InChI=1S/C15H24N2O4/c1-19-10-7-17(8-11-20-2)15(18)6-9-21-14-5-3-4-13(16)12-14/h3-5,12H,6-11,16H2,1-2H3. The van der Waals surface area contributed by atoms with E-state index in [-0.39, 0.29) is 5.91 Å². The van der Waals surface area contributed by atoms with Gasteiger partial charge < -0.3 is 24.8 Å². The van der Waals surface area contributed by atoms with Crippen LogP contribution in [-0.2, 0) is 14.3 Å². The quantitative estimate of drug-likeness (QED) is 0.656. The monoisotopic (exact) mass is 296 g/mol. The van der Waals surface area contributed by atoms with E-state index in [9.17, 15) is 4.79 Å². The Labute approximate surface area is 125 Å². The van der Waals surface area contributed by atoms with Crippen molar-refractivity contribution in [3.8, 4) is 5.75 Å². The maximum atomic E-state index is 12.1. The summed E-state index contributed by atoms with van der Waals surface area (Å²) in [6, 6.07) is 7.15. The number of hydrogen-bond donors (Lipinski definition) is 1. The number of ether oxygens (including phenoxy) is 3. The molecule has 1 aromatic rings. The van der Waals surface area contributed by atoms with Crippen LogP contribution in [0.3, 0.4) is 0 Å². The average Bonchev–Trinajstić information content (AvgIpc) is 2.47. The second-order valence-corrected chi connectivity index (χ2v) is 4.54. The second kappa shape index (κ2) is 10.0. The summed E-state index contributed by atoms with van der Waals surface area (Å²) >= 11 is 0. The van der Waals surface area contributed by atoms with Gasteiger partial charge in [0.2, 0.25) is 5.91 Å². The van der Waals surface area contributed by atoms with E-state index in [2.05, 4.69) is 0 Å². The van der Waals surface area contributed by atoms with E-state index in [1.807, 2.05) is 12.1 Å². The zero-order valence-electron chi connectivity index (χ0n) is 12.7. The van der Waals surface area contributed by atoms with Gasteiger partial charge >= 0.3 is 0 Å². The number of anilines is 1. The highest BCUT2D eigenvalue weighted by atomic mass is 16.5. The number of nitrogen functional groups attached to an aromatic ring is 1. The lowest BCUT2D eigenvalue weighted by molar-refractivity contribution is -0.133. The molecule has 0 saturated heterocycles. The molecule has 0 saturated carbocycles. The number of carbonyl (C=O) groups excluding carboxylic acids is 1. The van der Waals surface area contributed by atoms with Crippen molar-refractivity contribution in [2.24, 2.45) is 0 Å². The molecule has 0 aromatic heterocycles. The second-order valence-electron chi connectivity index (χ2n) is 4.54.